The summed E-state index contributed by atoms with van der Waals surface area (Å²) in [6.45, 7) is 0.847. The molecule has 20 heavy (non-hydrogen) atoms. The first-order chi connectivity index (χ1) is 9.54. The number of sulfonamides is 1. The highest BCUT2D eigenvalue weighted by Crippen LogP contribution is 2.26. The summed E-state index contributed by atoms with van der Waals surface area (Å²) in [6.07, 6.45) is 2.92. The maximum atomic E-state index is 13.1. The Morgan fingerprint density at radius 3 is 2.90 bits per heavy atom. The van der Waals surface area contributed by atoms with Gasteiger partial charge in [0.15, 0.2) is 0 Å². The number of hydrogen-bond donors (Lipinski definition) is 2. The van der Waals surface area contributed by atoms with E-state index in [4.69, 9.17) is 0 Å². The Morgan fingerprint density at radius 1 is 1.25 bits per heavy atom. The van der Waals surface area contributed by atoms with E-state index in [2.05, 4.69) is 15.0 Å². The number of hydrogen-bond acceptors (Lipinski definition) is 4. The summed E-state index contributed by atoms with van der Waals surface area (Å²) in [4.78, 5) is 3.35. The van der Waals surface area contributed by atoms with Crippen LogP contribution >= 0.6 is 0 Å². The molecule has 1 aromatic carbocycles. The van der Waals surface area contributed by atoms with Gasteiger partial charge in [0.2, 0.25) is 0 Å². The van der Waals surface area contributed by atoms with Crippen LogP contribution in [0.25, 0.3) is 0 Å². The predicted octanol–water partition coefficient (Wildman–Crippen LogP) is 1.99. The molecule has 0 bridgehead atoms. The largest absolute Gasteiger partial charge is 0.384 e. The second-order valence-electron chi connectivity index (χ2n) is 4.49. The second kappa shape index (κ2) is 4.75. The van der Waals surface area contributed by atoms with Gasteiger partial charge in [0.25, 0.3) is 10.0 Å². The van der Waals surface area contributed by atoms with Crippen LogP contribution in [-0.2, 0) is 16.4 Å². The van der Waals surface area contributed by atoms with Gasteiger partial charge in [-0.3, -0.25) is 9.71 Å². The first-order valence-electron chi connectivity index (χ1n) is 6.05. The van der Waals surface area contributed by atoms with E-state index >= 15 is 0 Å². The van der Waals surface area contributed by atoms with Crippen LogP contribution in [0.2, 0.25) is 0 Å². The van der Waals surface area contributed by atoms with Crippen LogP contribution in [0, 0.1) is 5.82 Å². The molecule has 7 heteroatoms. The molecule has 0 radical (unpaired) electrons. The molecule has 5 nitrogen and oxygen atoms in total. The summed E-state index contributed by atoms with van der Waals surface area (Å²) < 4.78 is 39.7. The lowest BCUT2D eigenvalue weighted by Gasteiger charge is -2.09. The van der Waals surface area contributed by atoms with E-state index in [0.717, 1.165) is 42.7 Å². The fourth-order valence-corrected chi connectivity index (χ4v) is 3.14. The van der Waals surface area contributed by atoms with E-state index in [1.807, 2.05) is 6.07 Å². The fourth-order valence-electron chi connectivity index (χ4n) is 2.12. The van der Waals surface area contributed by atoms with Crippen LogP contribution in [0.5, 0.6) is 0 Å². The third kappa shape index (κ3) is 2.44. The molecule has 0 saturated carbocycles. The zero-order chi connectivity index (χ0) is 14.2. The van der Waals surface area contributed by atoms with Crippen LogP contribution in [0.3, 0.4) is 0 Å². The summed E-state index contributed by atoms with van der Waals surface area (Å²) in [5.74, 6) is -0.689. The molecule has 0 spiro atoms. The number of nitrogens with one attached hydrogen (secondary N) is 2. The fraction of sp³-hybridized carbons (Fsp3) is 0.154. The van der Waals surface area contributed by atoms with E-state index in [1.54, 1.807) is 12.1 Å². The van der Waals surface area contributed by atoms with E-state index in [0.29, 0.717) is 5.69 Å². The number of benzene rings is 1. The third-order valence-electron chi connectivity index (χ3n) is 3.06. The molecule has 1 aromatic heterocycles. The Labute approximate surface area is 115 Å². The molecular weight excluding hydrogens is 281 g/mol. The van der Waals surface area contributed by atoms with Crippen LogP contribution in [0.1, 0.15) is 5.56 Å². The molecule has 0 unspecified atom stereocenters. The molecular formula is C13H12FN3O2S. The van der Waals surface area contributed by atoms with Gasteiger partial charge in [-0.1, -0.05) is 0 Å². The maximum Gasteiger partial charge on any atom is 0.263 e. The number of fused-ring (bicyclic) bond motifs is 1. The summed E-state index contributed by atoms with van der Waals surface area (Å²) in [6, 6.07) is 6.20. The van der Waals surface area contributed by atoms with Crippen molar-refractivity contribution in [3.8, 4) is 0 Å². The topological polar surface area (TPSA) is 71.1 Å². The number of pyridine rings is 1. The average molecular weight is 293 g/mol. The smallest absolute Gasteiger partial charge is 0.263 e. The van der Waals surface area contributed by atoms with Gasteiger partial charge in [-0.15, -0.1) is 0 Å². The molecule has 0 amide bonds. The zero-order valence-corrected chi connectivity index (χ0v) is 11.2. The van der Waals surface area contributed by atoms with E-state index < -0.39 is 15.8 Å². The Morgan fingerprint density at radius 2 is 2.10 bits per heavy atom. The van der Waals surface area contributed by atoms with Crippen molar-refractivity contribution in [1.29, 1.82) is 0 Å². The van der Waals surface area contributed by atoms with Gasteiger partial charge in [-0.25, -0.2) is 12.8 Å². The molecule has 0 saturated heterocycles. The van der Waals surface area contributed by atoms with Gasteiger partial charge in [0, 0.05) is 24.1 Å². The quantitative estimate of drug-likeness (QED) is 0.908. The highest BCUT2D eigenvalue weighted by atomic mass is 32.2. The monoisotopic (exact) mass is 293 g/mol. The zero-order valence-electron chi connectivity index (χ0n) is 10.4. The van der Waals surface area contributed by atoms with E-state index in [-0.39, 0.29) is 4.90 Å². The highest BCUT2D eigenvalue weighted by molar-refractivity contribution is 7.92. The van der Waals surface area contributed by atoms with Gasteiger partial charge in [-0.2, -0.15) is 0 Å². The van der Waals surface area contributed by atoms with E-state index in [9.17, 15) is 12.8 Å². The Hall–Kier alpha value is -2.15. The minimum absolute atomic E-state index is 0.198. The molecule has 2 N–H and O–H groups in total. The number of rotatable bonds is 3. The van der Waals surface area contributed by atoms with Crippen molar-refractivity contribution in [2.45, 2.75) is 11.3 Å². The minimum Gasteiger partial charge on any atom is -0.384 e. The molecule has 2 heterocycles. The van der Waals surface area contributed by atoms with Crippen LogP contribution < -0.4 is 10.0 Å². The van der Waals surface area contributed by atoms with Gasteiger partial charge in [0.1, 0.15) is 10.7 Å². The normalized spacial score (nSPS) is 13.7. The number of anilines is 2. The molecule has 2 aromatic rings. The summed E-state index contributed by atoms with van der Waals surface area (Å²) in [5, 5.41) is 3.19. The molecule has 0 atom stereocenters. The van der Waals surface area contributed by atoms with Gasteiger partial charge < -0.3 is 5.32 Å². The second-order valence-corrected chi connectivity index (χ2v) is 6.18. The first kappa shape index (κ1) is 12.9. The predicted molar refractivity (Wildman–Crippen MR) is 73.6 cm³/mol. The van der Waals surface area contributed by atoms with Crippen LogP contribution in [0.4, 0.5) is 15.8 Å². The number of aromatic nitrogens is 1. The van der Waals surface area contributed by atoms with Gasteiger partial charge in [0.05, 0.1) is 6.20 Å². The van der Waals surface area contributed by atoms with Crippen molar-refractivity contribution < 1.29 is 12.8 Å². The van der Waals surface area contributed by atoms with Crippen LogP contribution in [-0.4, -0.2) is 19.9 Å². The standard InChI is InChI=1S/C13H12FN3O2S/c14-10-6-12(8-15-7-10)20(18,19)17-11-1-2-13-9(5-11)3-4-16-13/h1-2,5-8,16-17H,3-4H2. The molecule has 3 rings (SSSR count). The van der Waals surface area contributed by atoms with Crippen molar-refractivity contribution >= 4 is 21.4 Å². The minimum atomic E-state index is -3.83. The van der Waals surface area contributed by atoms with Gasteiger partial charge in [-0.05, 0) is 36.2 Å². The van der Waals surface area contributed by atoms with Crippen molar-refractivity contribution in [2.75, 3.05) is 16.6 Å². The first-order valence-corrected chi connectivity index (χ1v) is 7.53. The van der Waals surface area contributed by atoms with Crippen molar-refractivity contribution in [2.24, 2.45) is 0 Å². The lowest BCUT2D eigenvalue weighted by molar-refractivity contribution is 0.592. The Bertz CT molecular complexity index is 762. The summed E-state index contributed by atoms with van der Waals surface area (Å²) >= 11 is 0. The Kier molecular flexibility index (Phi) is 3.06. The lowest BCUT2D eigenvalue weighted by Crippen LogP contribution is -2.13. The number of halogens is 1. The maximum absolute atomic E-state index is 13.1. The van der Waals surface area contributed by atoms with Crippen molar-refractivity contribution in [1.82, 2.24) is 4.98 Å². The highest BCUT2D eigenvalue weighted by Gasteiger charge is 2.17. The molecule has 0 fully saturated rings. The Balaban J connectivity index is 1.90. The molecule has 0 aliphatic carbocycles. The van der Waals surface area contributed by atoms with E-state index in [1.165, 1.54) is 0 Å². The lowest BCUT2D eigenvalue weighted by atomic mass is 10.1. The SMILES string of the molecule is O=S(=O)(Nc1ccc2c(c1)CCN2)c1cncc(F)c1. The molecule has 1 aliphatic rings. The third-order valence-corrected chi connectivity index (χ3v) is 4.41. The van der Waals surface area contributed by atoms with Crippen molar-refractivity contribution in [3.63, 3.8) is 0 Å². The summed E-state index contributed by atoms with van der Waals surface area (Å²) in [7, 11) is -3.83. The molecule has 1 aliphatic heterocycles. The van der Waals surface area contributed by atoms with Crippen molar-refractivity contribution in [3.05, 3.63) is 48.0 Å². The number of nitrogens with zero attached hydrogens (tertiary/aromatic N) is 1. The van der Waals surface area contributed by atoms with Gasteiger partial charge >= 0.3 is 0 Å². The average Bonchev–Trinajstić information content (AvgIpc) is 2.85. The van der Waals surface area contributed by atoms with Crippen LogP contribution in [0.15, 0.2) is 41.6 Å². The summed E-state index contributed by atoms with van der Waals surface area (Å²) in [5.41, 5.74) is 2.53. The molecule has 104 valence electrons.